The average molecular weight is 599 g/mol. The van der Waals surface area contributed by atoms with Gasteiger partial charge in [-0.2, -0.15) is 0 Å². The number of amides is 3. The molecule has 2 unspecified atom stereocenters. The molecule has 0 aliphatic heterocycles. The molecule has 1 saturated carbocycles. The summed E-state index contributed by atoms with van der Waals surface area (Å²) in [6.07, 6.45) is 3.58. The number of nitro benzene ring substituents is 1. The molecular weight excluding hydrogens is 560 g/mol. The van der Waals surface area contributed by atoms with Crippen molar-refractivity contribution < 1.29 is 32.8 Å². The van der Waals surface area contributed by atoms with Crippen molar-refractivity contribution in [2.24, 2.45) is 22.4 Å². The van der Waals surface area contributed by atoms with Gasteiger partial charge in [-0.25, -0.2) is 13.1 Å². The third kappa shape index (κ3) is 12.9. The number of hydrogen-bond acceptors (Lipinski definition) is 9. The zero-order valence-electron chi connectivity index (χ0n) is 22.7. The number of rotatable bonds is 15. The highest BCUT2D eigenvalue weighted by Crippen LogP contribution is 2.28. The number of aliphatic hydroxyl groups is 1. The maximum absolute atomic E-state index is 12.9. The minimum Gasteiger partial charge on any atom is -0.393 e. The van der Waals surface area contributed by atoms with Gasteiger partial charge in [0.05, 0.1) is 23.8 Å². The summed E-state index contributed by atoms with van der Waals surface area (Å²) in [6.45, 7) is -0.341. The van der Waals surface area contributed by atoms with Crippen LogP contribution in [0.5, 0.6) is 0 Å². The number of nitrogens with one attached hydrogen (secondary N) is 4. The van der Waals surface area contributed by atoms with Crippen LogP contribution in [-0.2, 0) is 24.4 Å². The molecule has 16 nitrogen and oxygen atoms in total. The zero-order valence-corrected chi connectivity index (χ0v) is 23.6. The Labute approximate surface area is 237 Å². The highest BCUT2D eigenvalue weighted by Gasteiger charge is 2.29. The summed E-state index contributed by atoms with van der Waals surface area (Å²) in [4.78, 5) is 52.6. The van der Waals surface area contributed by atoms with Crippen LogP contribution >= 0.6 is 0 Å². The first-order valence-electron chi connectivity index (χ1n) is 13.1. The monoisotopic (exact) mass is 598 g/mol. The molecule has 1 aliphatic rings. The quantitative estimate of drug-likeness (QED) is 0.0428. The van der Waals surface area contributed by atoms with Crippen LogP contribution in [-0.4, -0.2) is 79.7 Å². The molecule has 0 spiro atoms. The van der Waals surface area contributed by atoms with Gasteiger partial charge in [-0.15, -0.1) is 0 Å². The predicted molar refractivity (Wildman–Crippen MR) is 151 cm³/mol. The third-order valence-electron chi connectivity index (χ3n) is 6.42. The van der Waals surface area contributed by atoms with E-state index in [9.17, 15) is 38.0 Å². The zero-order chi connectivity index (χ0) is 30.6. The van der Waals surface area contributed by atoms with Gasteiger partial charge in [0, 0.05) is 24.4 Å². The summed E-state index contributed by atoms with van der Waals surface area (Å²) in [6, 6.07) is 2.94. The van der Waals surface area contributed by atoms with E-state index >= 15 is 0 Å². The maximum atomic E-state index is 12.9. The molecule has 0 heterocycles. The number of non-ortho nitro benzene ring substituents is 1. The van der Waals surface area contributed by atoms with E-state index < -0.39 is 57.4 Å². The van der Waals surface area contributed by atoms with Crippen molar-refractivity contribution in [1.82, 2.24) is 15.4 Å². The van der Waals surface area contributed by atoms with E-state index in [2.05, 4.69) is 25.7 Å². The lowest BCUT2D eigenvalue weighted by Gasteiger charge is -2.28. The first-order valence-corrected chi connectivity index (χ1v) is 15.0. The summed E-state index contributed by atoms with van der Waals surface area (Å²) in [7, 11) is -3.73. The Bertz CT molecular complexity index is 1200. The molecule has 3 amide bonds. The fourth-order valence-electron chi connectivity index (χ4n) is 4.39. The molecule has 1 aromatic carbocycles. The number of carbonyl (C=O) groups excluding carboxylic acids is 3. The van der Waals surface area contributed by atoms with Gasteiger partial charge >= 0.3 is 0 Å². The van der Waals surface area contributed by atoms with Crippen molar-refractivity contribution in [3.05, 3.63) is 34.4 Å². The molecular formula is C24H38N8O8S. The van der Waals surface area contributed by atoms with Gasteiger partial charge < -0.3 is 32.5 Å². The van der Waals surface area contributed by atoms with Crippen LogP contribution in [0.4, 0.5) is 11.4 Å². The number of nitro groups is 1. The van der Waals surface area contributed by atoms with Gasteiger partial charge in [0.25, 0.3) is 5.69 Å². The number of nitrogens with two attached hydrogens (primary N) is 2. The lowest BCUT2D eigenvalue weighted by atomic mass is 9.83. The summed E-state index contributed by atoms with van der Waals surface area (Å²) >= 11 is 0. The van der Waals surface area contributed by atoms with Gasteiger partial charge in [0.1, 0.15) is 12.1 Å². The second-order valence-corrected chi connectivity index (χ2v) is 11.7. The van der Waals surface area contributed by atoms with Crippen LogP contribution < -0.4 is 32.1 Å². The van der Waals surface area contributed by atoms with Crippen molar-refractivity contribution in [1.29, 1.82) is 0 Å². The number of hydrogen-bond donors (Lipinski definition) is 7. The molecule has 1 fully saturated rings. The van der Waals surface area contributed by atoms with Gasteiger partial charge in [0.15, 0.2) is 5.96 Å². The molecule has 0 saturated heterocycles. The van der Waals surface area contributed by atoms with Crippen molar-refractivity contribution in [3.63, 3.8) is 0 Å². The van der Waals surface area contributed by atoms with Crippen molar-refractivity contribution in [2.45, 2.75) is 63.1 Å². The first kappa shape index (κ1) is 33.4. The summed E-state index contributed by atoms with van der Waals surface area (Å²) in [5.41, 5.74) is 10.7. The number of carbonyl (C=O) groups is 3. The van der Waals surface area contributed by atoms with Crippen LogP contribution in [0.25, 0.3) is 0 Å². The number of sulfonamides is 1. The van der Waals surface area contributed by atoms with E-state index in [1.807, 2.05) is 0 Å². The van der Waals surface area contributed by atoms with Gasteiger partial charge in [-0.05, 0) is 63.0 Å². The molecule has 17 heteroatoms. The Morgan fingerprint density at radius 3 is 2.29 bits per heavy atom. The lowest BCUT2D eigenvalue weighted by Crippen LogP contribution is -2.51. The van der Waals surface area contributed by atoms with Crippen LogP contribution in [0.3, 0.4) is 0 Å². The molecule has 1 aromatic rings. The van der Waals surface area contributed by atoms with Crippen molar-refractivity contribution >= 4 is 45.1 Å². The standard InChI is InChI=1S/C24H38N8O8S/c1-41(39,40)31-20(13-15-4-10-18(33)11-5-15)22(35)28-14-21(34)30-19(3-2-12-27-24(25)26)23(36)29-16-6-8-17(9-7-16)32(37)38/h6-9,15,18-20,31,33H,2-5,10-14H2,1H3,(H,28,35)(H,29,36)(H,30,34)(H4,25,26,27). The van der Waals surface area contributed by atoms with Crippen LogP contribution in [0.15, 0.2) is 29.3 Å². The Morgan fingerprint density at radius 1 is 1.10 bits per heavy atom. The molecule has 0 bridgehead atoms. The van der Waals surface area contributed by atoms with Gasteiger partial charge in [-0.1, -0.05) is 0 Å². The Hall–Kier alpha value is -3.83. The minimum atomic E-state index is -3.73. The van der Waals surface area contributed by atoms with E-state index in [1.165, 1.54) is 24.3 Å². The molecule has 9 N–H and O–H groups in total. The average Bonchev–Trinajstić information content (AvgIpc) is 2.89. The van der Waals surface area contributed by atoms with Crippen LogP contribution in [0, 0.1) is 16.0 Å². The van der Waals surface area contributed by atoms with E-state index in [-0.39, 0.29) is 42.6 Å². The molecule has 0 radical (unpaired) electrons. The Kier molecular flexibility index (Phi) is 12.9. The first-order chi connectivity index (χ1) is 19.2. The highest BCUT2D eigenvalue weighted by molar-refractivity contribution is 7.88. The van der Waals surface area contributed by atoms with E-state index in [0.29, 0.717) is 32.1 Å². The number of benzene rings is 1. The SMILES string of the molecule is CS(=O)(=O)NC(CC1CCC(O)CC1)C(=O)NCC(=O)NC(CCCN=C(N)N)C(=O)Nc1ccc([N+](=O)[O-])cc1. The topological polar surface area (TPSA) is 261 Å². The summed E-state index contributed by atoms with van der Waals surface area (Å²) < 4.78 is 26.0. The lowest BCUT2D eigenvalue weighted by molar-refractivity contribution is -0.384. The van der Waals surface area contributed by atoms with Crippen molar-refractivity contribution in [2.75, 3.05) is 24.7 Å². The van der Waals surface area contributed by atoms with Crippen LogP contribution in [0.1, 0.15) is 44.9 Å². The number of nitrogens with zero attached hydrogens (tertiary/aromatic N) is 2. The van der Waals surface area contributed by atoms with Crippen LogP contribution in [0.2, 0.25) is 0 Å². The maximum Gasteiger partial charge on any atom is 0.269 e. The number of anilines is 1. The predicted octanol–water partition coefficient (Wildman–Crippen LogP) is -0.953. The van der Waals surface area contributed by atoms with E-state index in [1.54, 1.807) is 0 Å². The fraction of sp³-hybridized carbons (Fsp3) is 0.583. The molecule has 2 atom stereocenters. The normalized spacial score (nSPS) is 18.4. The van der Waals surface area contributed by atoms with Gasteiger partial charge in [0.2, 0.25) is 27.7 Å². The molecule has 41 heavy (non-hydrogen) atoms. The molecule has 228 valence electrons. The second-order valence-electron chi connectivity index (χ2n) is 9.93. The fourth-order valence-corrected chi connectivity index (χ4v) is 5.11. The number of guanidine groups is 1. The minimum absolute atomic E-state index is 0.0231. The number of aliphatic imine (C=N–C) groups is 1. The highest BCUT2D eigenvalue weighted by atomic mass is 32.2. The van der Waals surface area contributed by atoms with Crippen molar-refractivity contribution in [3.8, 4) is 0 Å². The third-order valence-corrected chi connectivity index (χ3v) is 7.14. The molecule has 0 aromatic heterocycles. The Balaban J connectivity index is 2.01. The smallest absolute Gasteiger partial charge is 0.269 e. The molecule has 2 rings (SSSR count). The van der Waals surface area contributed by atoms with E-state index in [4.69, 9.17) is 11.5 Å². The Morgan fingerprint density at radius 2 is 1.73 bits per heavy atom. The second kappa shape index (κ2) is 15.8. The van der Waals surface area contributed by atoms with Gasteiger partial charge in [-0.3, -0.25) is 29.5 Å². The largest absolute Gasteiger partial charge is 0.393 e. The summed E-state index contributed by atoms with van der Waals surface area (Å²) in [5.74, 6) is -2.13. The number of aliphatic hydroxyl groups excluding tert-OH is 1. The van der Waals surface area contributed by atoms with E-state index in [0.717, 1.165) is 6.26 Å². The summed E-state index contributed by atoms with van der Waals surface area (Å²) in [5, 5.41) is 28.1. The molecule has 1 aliphatic carbocycles.